The van der Waals surface area contributed by atoms with E-state index in [1.807, 2.05) is 72.7 Å². The van der Waals surface area contributed by atoms with Gasteiger partial charge in [-0.15, -0.1) is 0 Å². The van der Waals surface area contributed by atoms with Crippen molar-refractivity contribution in [3.8, 4) is 0 Å². The minimum absolute atomic E-state index is 0.465. The van der Waals surface area contributed by atoms with Gasteiger partial charge in [-0.25, -0.2) is 4.79 Å². The second-order valence-electron chi connectivity index (χ2n) is 4.28. The van der Waals surface area contributed by atoms with Crippen LogP contribution in [0.3, 0.4) is 0 Å². The van der Waals surface area contributed by atoms with Crippen LogP contribution in [0.4, 0.5) is 0 Å². The molecular formula is C18H16O2. The van der Waals surface area contributed by atoms with Crippen LogP contribution in [0, 0.1) is 0 Å². The highest BCUT2D eigenvalue weighted by molar-refractivity contribution is 5.93. The number of hydrogen-bond acceptors (Lipinski definition) is 2. The largest absolute Gasteiger partial charge is 0.373 e. The first-order chi connectivity index (χ1) is 9.90. The zero-order valence-electron chi connectivity index (χ0n) is 11.2. The summed E-state index contributed by atoms with van der Waals surface area (Å²) in [6.45, 7) is 1.03. The van der Waals surface area contributed by atoms with Crippen LogP contribution in [0.5, 0.6) is 0 Å². The molecule has 100 valence electrons. The number of rotatable bonds is 6. The van der Waals surface area contributed by atoms with Crippen molar-refractivity contribution in [3.05, 3.63) is 83.9 Å². The van der Waals surface area contributed by atoms with Crippen molar-refractivity contribution in [2.45, 2.75) is 6.61 Å². The Morgan fingerprint density at radius 3 is 2.30 bits per heavy atom. The van der Waals surface area contributed by atoms with Gasteiger partial charge in [0.15, 0.2) is 0 Å². The number of carbonyl (C=O) groups excluding carboxylic acids is 1. The van der Waals surface area contributed by atoms with Crippen molar-refractivity contribution >= 4 is 11.5 Å². The summed E-state index contributed by atoms with van der Waals surface area (Å²) in [6, 6.07) is 19.5. The van der Waals surface area contributed by atoms with E-state index < -0.39 is 0 Å². The van der Waals surface area contributed by atoms with Gasteiger partial charge in [-0.2, -0.15) is 0 Å². The van der Waals surface area contributed by atoms with E-state index in [0.29, 0.717) is 18.8 Å². The van der Waals surface area contributed by atoms with Gasteiger partial charge in [0.1, 0.15) is 5.94 Å². The maximum atomic E-state index is 10.9. The Morgan fingerprint density at radius 2 is 1.65 bits per heavy atom. The second kappa shape index (κ2) is 7.90. The van der Waals surface area contributed by atoms with Gasteiger partial charge in [-0.1, -0.05) is 66.7 Å². The summed E-state index contributed by atoms with van der Waals surface area (Å²) in [5, 5.41) is 0. The van der Waals surface area contributed by atoms with Crippen molar-refractivity contribution in [1.29, 1.82) is 0 Å². The molecule has 0 fully saturated rings. The lowest BCUT2D eigenvalue weighted by atomic mass is 10.1. The lowest BCUT2D eigenvalue weighted by Crippen LogP contribution is -1.92. The average molecular weight is 264 g/mol. The molecule has 0 atom stereocenters. The Hall–Kier alpha value is -2.41. The summed E-state index contributed by atoms with van der Waals surface area (Å²) < 4.78 is 5.52. The van der Waals surface area contributed by atoms with Crippen molar-refractivity contribution in [1.82, 2.24) is 0 Å². The van der Waals surface area contributed by atoms with Crippen molar-refractivity contribution in [3.63, 3.8) is 0 Å². The van der Waals surface area contributed by atoms with Gasteiger partial charge in [0.05, 0.1) is 18.8 Å². The standard InChI is InChI=1S/C18H16O2/c19-14-18(17-10-5-2-6-11-17)12-7-13-20-15-16-8-3-1-4-9-16/h1-12H,13,15H2/b12-7+. The fraction of sp³-hybridized carbons (Fsp3) is 0.111. The smallest absolute Gasteiger partial charge is 0.133 e. The Labute approximate surface area is 119 Å². The maximum absolute atomic E-state index is 10.9. The highest BCUT2D eigenvalue weighted by Gasteiger charge is 1.96. The summed E-state index contributed by atoms with van der Waals surface area (Å²) in [6.07, 6.45) is 3.57. The third-order valence-corrected chi connectivity index (χ3v) is 2.80. The summed E-state index contributed by atoms with van der Waals surface area (Å²) in [4.78, 5) is 10.9. The number of benzene rings is 2. The van der Waals surface area contributed by atoms with Crippen LogP contribution in [0.15, 0.2) is 72.8 Å². The highest BCUT2D eigenvalue weighted by atomic mass is 16.5. The minimum atomic E-state index is 0.465. The van der Waals surface area contributed by atoms with E-state index >= 15 is 0 Å². The zero-order valence-corrected chi connectivity index (χ0v) is 11.2. The third kappa shape index (κ3) is 4.36. The van der Waals surface area contributed by atoms with E-state index in [0.717, 1.165) is 11.1 Å². The SMILES string of the molecule is O=C=C(/C=C/COCc1ccccc1)c1ccccc1. The molecule has 0 saturated heterocycles. The molecule has 0 aliphatic heterocycles. The first kappa shape index (κ1) is 14.0. The normalized spacial score (nSPS) is 10.4. The third-order valence-electron chi connectivity index (χ3n) is 2.80. The average Bonchev–Trinajstić information content (AvgIpc) is 2.53. The number of ether oxygens (including phenoxy) is 1. The Kier molecular flexibility index (Phi) is 5.53. The molecule has 0 spiro atoms. The van der Waals surface area contributed by atoms with E-state index in [1.54, 1.807) is 6.08 Å². The summed E-state index contributed by atoms with van der Waals surface area (Å²) in [5.74, 6) is 1.95. The number of hydrogen-bond donors (Lipinski definition) is 0. The summed E-state index contributed by atoms with van der Waals surface area (Å²) in [7, 11) is 0. The van der Waals surface area contributed by atoms with Gasteiger partial charge in [0, 0.05) is 0 Å². The van der Waals surface area contributed by atoms with Crippen LogP contribution in [0.1, 0.15) is 11.1 Å². The van der Waals surface area contributed by atoms with Crippen LogP contribution in [0.25, 0.3) is 5.57 Å². The molecule has 0 amide bonds. The van der Waals surface area contributed by atoms with Crippen molar-refractivity contribution < 1.29 is 9.53 Å². The Balaban J connectivity index is 1.83. The predicted molar refractivity (Wildman–Crippen MR) is 80.8 cm³/mol. The topological polar surface area (TPSA) is 26.3 Å². The molecular weight excluding hydrogens is 248 g/mol. The maximum Gasteiger partial charge on any atom is 0.133 e. The van der Waals surface area contributed by atoms with Gasteiger partial charge in [-0.05, 0) is 17.2 Å². The minimum Gasteiger partial charge on any atom is -0.373 e. The first-order valence-electron chi connectivity index (χ1n) is 6.49. The fourth-order valence-corrected chi connectivity index (χ4v) is 1.79. The van der Waals surface area contributed by atoms with Gasteiger partial charge in [0.2, 0.25) is 0 Å². The molecule has 0 N–H and O–H groups in total. The number of allylic oxidation sites excluding steroid dienone is 2. The van der Waals surface area contributed by atoms with Gasteiger partial charge >= 0.3 is 0 Å². The lowest BCUT2D eigenvalue weighted by Gasteiger charge is -2.01. The van der Waals surface area contributed by atoms with E-state index in [-0.39, 0.29) is 0 Å². The lowest BCUT2D eigenvalue weighted by molar-refractivity contribution is 0.149. The van der Waals surface area contributed by atoms with Crippen molar-refractivity contribution in [2.75, 3.05) is 6.61 Å². The summed E-state index contributed by atoms with van der Waals surface area (Å²) in [5.41, 5.74) is 2.53. The fourth-order valence-electron chi connectivity index (χ4n) is 1.79. The zero-order chi connectivity index (χ0) is 14.0. The van der Waals surface area contributed by atoms with Gasteiger partial charge < -0.3 is 4.74 Å². The molecule has 0 aliphatic rings. The predicted octanol–water partition coefficient (Wildman–Crippen LogP) is 3.67. The van der Waals surface area contributed by atoms with Crippen LogP contribution in [-0.4, -0.2) is 12.5 Å². The van der Waals surface area contributed by atoms with Crippen molar-refractivity contribution in [2.24, 2.45) is 0 Å². The molecule has 0 aliphatic carbocycles. The quantitative estimate of drug-likeness (QED) is 0.452. The molecule has 2 aromatic rings. The molecule has 0 bridgehead atoms. The van der Waals surface area contributed by atoms with E-state index in [2.05, 4.69) is 0 Å². The Morgan fingerprint density at radius 1 is 1.00 bits per heavy atom. The molecule has 0 heterocycles. The van der Waals surface area contributed by atoms with Gasteiger partial charge in [-0.3, -0.25) is 0 Å². The van der Waals surface area contributed by atoms with E-state index in [1.165, 1.54) is 0 Å². The molecule has 0 unspecified atom stereocenters. The highest BCUT2D eigenvalue weighted by Crippen LogP contribution is 2.11. The molecule has 2 heteroatoms. The molecule has 0 saturated carbocycles. The molecule has 20 heavy (non-hydrogen) atoms. The van der Waals surface area contributed by atoms with E-state index in [9.17, 15) is 4.79 Å². The van der Waals surface area contributed by atoms with Gasteiger partial charge in [0.25, 0.3) is 0 Å². The molecule has 2 aromatic carbocycles. The molecule has 0 radical (unpaired) electrons. The summed E-state index contributed by atoms with van der Waals surface area (Å²) >= 11 is 0. The van der Waals surface area contributed by atoms with Crippen LogP contribution in [-0.2, 0) is 16.1 Å². The van der Waals surface area contributed by atoms with Crippen LogP contribution in [0.2, 0.25) is 0 Å². The van der Waals surface area contributed by atoms with Crippen LogP contribution < -0.4 is 0 Å². The first-order valence-corrected chi connectivity index (χ1v) is 6.49. The monoisotopic (exact) mass is 264 g/mol. The molecule has 0 aromatic heterocycles. The molecule has 2 nitrogen and oxygen atoms in total. The van der Waals surface area contributed by atoms with E-state index in [4.69, 9.17) is 4.74 Å². The van der Waals surface area contributed by atoms with Crippen LogP contribution >= 0.6 is 0 Å². The molecule has 2 rings (SSSR count). The Bertz CT molecular complexity index is 594. The second-order valence-corrected chi connectivity index (χ2v) is 4.28.